The number of carbonyl (C=O) groups excluding carboxylic acids is 1. The summed E-state index contributed by atoms with van der Waals surface area (Å²) in [4.78, 5) is 11.6. The van der Waals surface area contributed by atoms with E-state index in [1.807, 2.05) is 31.2 Å². The molecule has 1 aromatic rings. The third-order valence-corrected chi connectivity index (χ3v) is 2.38. The maximum atomic E-state index is 11.6. The second kappa shape index (κ2) is 3.76. The number of hydrogen-bond donors (Lipinski definition) is 1. The van der Waals surface area contributed by atoms with Gasteiger partial charge in [0.2, 0.25) is 0 Å². The minimum atomic E-state index is -0.153. The minimum Gasteiger partial charge on any atom is -0.300 e. The van der Waals surface area contributed by atoms with Gasteiger partial charge in [-0.25, -0.2) is 0 Å². The molecule has 0 spiro atoms. The van der Waals surface area contributed by atoms with Gasteiger partial charge in [-0.3, -0.25) is 10.1 Å². The average Bonchev–Trinajstić information content (AvgIpc) is 2.18. The lowest BCUT2D eigenvalue weighted by Gasteiger charge is -2.18. The molecular formula is C12H13NO. The van der Waals surface area contributed by atoms with Crippen molar-refractivity contribution < 1.29 is 4.79 Å². The largest absolute Gasteiger partial charge is 0.300 e. The first-order chi connectivity index (χ1) is 6.77. The monoisotopic (exact) mass is 187 g/mol. The van der Waals surface area contributed by atoms with Crippen molar-refractivity contribution in [3.8, 4) is 0 Å². The lowest BCUT2D eigenvalue weighted by atomic mass is 9.99. The van der Waals surface area contributed by atoms with E-state index in [-0.39, 0.29) is 11.8 Å². The molecule has 14 heavy (non-hydrogen) atoms. The first-order valence-electron chi connectivity index (χ1n) is 4.78. The topological polar surface area (TPSA) is 29.1 Å². The average molecular weight is 187 g/mol. The zero-order chi connectivity index (χ0) is 9.97. The highest BCUT2D eigenvalue weighted by Crippen LogP contribution is 2.17. The summed E-state index contributed by atoms with van der Waals surface area (Å²) in [6, 6.07) is 7.90. The lowest BCUT2D eigenvalue weighted by Crippen LogP contribution is -2.31. The number of ketones is 1. The highest BCUT2D eigenvalue weighted by atomic mass is 16.1. The molecule has 0 radical (unpaired) electrons. The van der Waals surface area contributed by atoms with Crippen LogP contribution in [0.2, 0.25) is 0 Å². The number of aryl methyl sites for hydroxylation is 1. The van der Waals surface area contributed by atoms with E-state index < -0.39 is 0 Å². The number of hydrogen-bond acceptors (Lipinski definition) is 2. The van der Waals surface area contributed by atoms with Crippen molar-refractivity contribution in [2.45, 2.75) is 13.0 Å². The Hall–Kier alpha value is -1.41. The fourth-order valence-electron chi connectivity index (χ4n) is 1.69. The molecule has 0 bridgehead atoms. The normalized spacial score (nSPS) is 21.2. The van der Waals surface area contributed by atoms with E-state index in [2.05, 4.69) is 11.4 Å². The summed E-state index contributed by atoms with van der Waals surface area (Å²) < 4.78 is 0. The van der Waals surface area contributed by atoms with E-state index in [0.29, 0.717) is 0 Å². The fourth-order valence-corrected chi connectivity index (χ4v) is 1.69. The molecular weight excluding hydrogens is 174 g/mol. The van der Waals surface area contributed by atoms with Crippen molar-refractivity contribution in [2.75, 3.05) is 6.54 Å². The summed E-state index contributed by atoms with van der Waals surface area (Å²) in [5, 5.41) is 3.18. The van der Waals surface area contributed by atoms with Gasteiger partial charge in [-0.1, -0.05) is 35.9 Å². The van der Waals surface area contributed by atoms with Gasteiger partial charge in [0.25, 0.3) is 0 Å². The van der Waals surface area contributed by atoms with Crippen molar-refractivity contribution in [1.29, 1.82) is 0 Å². The zero-order valence-electron chi connectivity index (χ0n) is 8.16. The molecule has 1 aliphatic rings. The molecule has 2 nitrogen and oxygen atoms in total. The maximum Gasteiger partial charge on any atom is 0.176 e. The zero-order valence-corrected chi connectivity index (χ0v) is 8.16. The van der Waals surface area contributed by atoms with E-state index in [0.717, 1.165) is 12.1 Å². The first-order valence-corrected chi connectivity index (χ1v) is 4.78. The van der Waals surface area contributed by atoms with Crippen LogP contribution < -0.4 is 5.32 Å². The van der Waals surface area contributed by atoms with E-state index in [4.69, 9.17) is 0 Å². The third kappa shape index (κ3) is 1.75. The van der Waals surface area contributed by atoms with E-state index in [9.17, 15) is 4.79 Å². The molecule has 72 valence electrons. The van der Waals surface area contributed by atoms with Crippen LogP contribution in [0.15, 0.2) is 36.4 Å². The quantitative estimate of drug-likeness (QED) is 0.726. The maximum absolute atomic E-state index is 11.6. The van der Waals surface area contributed by atoms with Crippen molar-refractivity contribution in [2.24, 2.45) is 0 Å². The van der Waals surface area contributed by atoms with E-state index >= 15 is 0 Å². The van der Waals surface area contributed by atoms with Gasteiger partial charge in [-0.2, -0.15) is 0 Å². The Labute approximate surface area is 83.6 Å². The van der Waals surface area contributed by atoms with E-state index in [1.165, 1.54) is 5.56 Å². The Kier molecular flexibility index (Phi) is 2.46. The van der Waals surface area contributed by atoms with E-state index in [1.54, 1.807) is 6.08 Å². The molecule has 0 amide bonds. The van der Waals surface area contributed by atoms with Crippen LogP contribution in [0.25, 0.3) is 0 Å². The Bertz CT molecular complexity index is 382. The van der Waals surface area contributed by atoms with Crippen molar-refractivity contribution >= 4 is 5.78 Å². The molecule has 1 aliphatic heterocycles. The highest BCUT2D eigenvalue weighted by molar-refractivity contribution is 5.95. The second-order valence-electron chi connectivity index (χ2n) is 3.56. The van der Waals surface area contributed by atoms with Gasteiger partial charge in [0.1, 0.15) is 0 Å². The summed E-state index contributed by atoms with van der Waals surface area (Å²) >= 11 is 0. The van der Waals surface area contributed by atoms with Gasteiger partial charge >= 0.3 is 0 Å². The molecule has 1 N–H and O–H groups in total. The van der Waals surface area contributed by atoms with Crippen LogP contribution in [0.4, 0.5) is 0 Å². The van der Waals surface area contributed by atoms with Crippen molar-refractivity contribution in [3.05, 3.63) is 47.5 Å². The van der Waals surface area contributed by atoms with Crippen LogP contribution in [-0.4, -0.2) is 12.3 Å². The number of carbonyl (C=O) groups is 1. The molecule has 0 aromatic heterocycles. The van der Waals surface area contributed by atoms with Gasteiger partial charge in [0.05, 0.1) is 6.04 Å². The summed E-state index contributed by atoms with van der Waals surface area (Å²) in [6.45, 7) is 2.80. The van der Waals surface area contributed by atoms with Gasteiger partial charge in [-0.15, -0.1) is 0 Å². The molecule has 0 saturated heterocycles. The smallest absolute Gasteiger partial charge is 0.176 e. The predicted molar refractivity (Wildman–Crippen MR) is 56.1 cm³/mol. The summed E-state index contributed by atoms with van der Waals surface area (Å²) in [6.07, 6.45) is 3.51. The van der Waals surface area contributed by atoms with Crippen LogP contribution in [0, 0.1) is 6.92 Å². The third-order valence-electron chi connectivity index (χ3n) is 2.38. The first kappa shape index (κ1) is 9.16. The van der Waals surface area contributed by atoms with Crippen LogP contribution in [0.3, 0.4) is 0 Å². The molecule has 2 rings (SSSR count). The van der Waals surface area contributed by atoms with Crippen molar-refractivity contribution in [1.82, 2.24) is 5.32 Å². The molecule has 1 aromatic carbocycles. The summed E-state index contributed by atoms with van der Waals surface area (Å²) in [5.41, 5.74) is 2.24. The number of rotatable bonds is 1. The Morgan fingerprint density at radius 3 is 3.00 bits per heavy atom. The van der Waals surface area contributed by atoms with Gasteiger partial charge < -0.3 is 0 Å². The minimum absolute atomic E-state index is 0.141. The predicted octanol–water partition coefficient (Wildman–Crippen LogP) is 1.76. The second-order valence-corrected chi connectivity index (χ2v) is 3.56. The van der Waals surface area contributed by atoms with Crippen LogP contribution >= 0.6 is 0 Å². The Balaban J connectivity index is 2.30. The van der Waals surface area contributed by atoms with Gasteiger partial charge in [0.15, 0.2) is 5.78 Å². The fraction of sp³-hybridized carbons (Fsp3) is 0.250. The standard InChI is InChI=1S/C12H13NO/c1-9-4-2-5-10(8-9)12-11(14)6-3-7-13-12/h2-6,8,12-13H,7H2,1H3. The SMILES string of the molecule is Cc1cccc(C2NCC=CC2=O)c1. The summed E-state index contributed by atoms with van der Waals surface area (Å²) in [5.74, 6) is 0.141. The Morgan fingerprint density at radius 2 is 2.29 bits per heavy atom. The van der Waals surface area contributed by atoms with Crippen LogP contribution in [0.5, 0.6) is 0 Å². The van der Waals surface area contributed by atoms with Crippen LogP contribution in [0.1, 0.15) is 17.2 Å². The lowest BCUT2D eigenvalue weighted by molar-refractivity contribution is -0.116. The highest BCUT2D eigenvalue weighted by Gasteiger charge is 2.19. The molecule has 0 fully saturated rings. The molecule has 1 heterocycles. The molecule has 1 atom stereocenters. The van der Waals surface area contributed by atoms with Crippen molar-refractivity contribution in [3.63, 3.8) is 0 Å². The van der Waals surface area contributed by atoms with Crippen LogP contribution in [-0.2, 0) is 4.79 Å². The molecule has 0 aliphatic carbocycles. The molecule has 0 saturated carbocycles. The molecule has 2 heteroatoms. The molecule has 1 unspecified atom stereocenters. The van der Waals surface area contributed by atoms with Gasteiger partial charge in [-0.05, 0) is 18.6 Å². The number of benzene rings is 1. The summed E-state index contributed by atoms with van der Waals surface area (Å²) in [7, 11) is 0. The Morgan fingerprint density at radius 1 is 1.43 bits per heavy atom. The number of nitrogens with one attached hydrogen (secondary N) is 1. The van der Waals surface area contributed by atoms with Gasteiger partial charge in [0, 0.05) is 6.54 Å².